The molecule has 3 fully saturated rings. The van der Waals surface area contributed by atoms with E-state index in [0.717, 1.165) is 52.4 Å². The van der Waals surface area contributed by atoms with Crippen LogP contribution in [0.2, 0.25) is 0 Å². The topological polar surface area (TPSA) is 83.6 Å². The third-order valence-corrected chi connectivity index (χ3v) is 8.60. The van der Waals surface area contributed by atoms with Crippen molar-refractivity contribution in [2.75, 3.05) is 72.0 Å². The summed E-state index contributed by atoms with van der Waals surface area (Å²) in [4.78, 5) is 30.9. The van der Waals surface area contributed by atoms with Crippen LogP contribution in [-0.4, -0.2) is 121 Å². The zero-order valence-corrected chi connectivity index (χ0v) is 17.7. The number of nitrogens with zero attached hydrogens (tertiary/aromatic N) is 3. The Kier molecular flexibility index (Phi) is 7.00. The molecule has 0 spiro atoms. The van der Waals surface area contributed by atoms with E-state index in [0.29, 0.717) is 12.3 Å². The standard InChI is InChI=1S/C15H28N4O5.In/c1-13(20)10-19-8-6-17(11-14(21)22)4-2-16-3-5-18(7-9-19)12-15(23)24;/h16,20H,1-12H2,(H,21,22)(H,23,24);/q;+3/p-3. The van der Waals surface area contributed by atoms with Crippen molar-refractivity contribution >= 4 is 34.7 Å². The molecule has 0 aliphatic carbocycles. The van der Waals surface area contributed by atoms with Crippen LogP contribution >= 0.6 is 0 Å². The van der Waals surface area contributed by atoms with Crippen LogP contribution in [0.5, 0.6) is 0 Å². The summed E-state index contributed by atoms with van der Waals surface area (Å²) in [5.41, 5.74) is 0. The Morgan fingerprint density at radius 2 is 1.24 bits per heavy atom. The molecule has 1 N–H and O–H groups in total. The predicted molar refractivity (Wildman–Crippen MR) is 90.4 cm³/mol. The molecular weight excluding hydrogens is 431 g/mol. The number of carbonyl (C=O) groups is 2. The summed E-state index contributed by atoms with van der Waals surface area (Å²) in [6, 6.07) is 0. The molecule has 0 saturated carbocycles. The van der Waals surface area contributed by atoms with Gasteiger partial charge in [-0.25, -0.2) is 0 Å². The summed E-state index contributed by atoms with van der Waals surface area (Å²) in [6.07, 6.45) is 0. The van der Waals surface area contributed by atoms with E-state index in [1.54, 1.807) is 0 Å². The zero-order chi connectivity index (χ0) is 17.6. The normalized spacial score (nSPS) is 32.4. The first-order valence-corrected chi connectivity index (χ1v) is 12.7. The second kappa shape index (κ2) is 9.22. The van der Waals surface area contributed by atoms with Gasteiger partial charge in [0.15, 0.2) is 0 Å². The van der Waals surface area contributed by atoms with Crippen LogP contribution in [0.1, 0.15) is 0 Å². The van der Waals surface area contributed by atoms with Gasteiger partial charge in [0.05, 0.1) is 0 Å². The van der Waals surface area contributed by atoms with Crippen molar-refractivity contribution in [3.05, 3.63) is 12.3 Å². The van der Waals surface area contributed by atoms with Crippen molar-refractivity contribution in [3.8, 4) is 0 Å². The van der Waals surface area contributed by atoms with Crippen molar-refractivity contribution in [3.63, 3.8) is 0 Å². The van der Waals surface area contributed by atoms with Crippen molar-refractivity contribution in [2.24, 2.45) is 0 Å². The second-order valence-electron chi connectivity index (χ2n) is 6.50. The first kappa shape index (κ1) is 19.0. The van der Waals surface area contributed by atoms with E-state index < -0.39 is 22.7 Å². The molecule has 2 atom stereocenters. The molecule has 0 radical (unpaired) electrons. The van der Waals surface area contributed by atoms with Crippen molar-refractivity contribution in [1.82, 2.24) is 20.0 Å². The quantitative estimate of drug-likeness (QED) is 0.451. The maximum absolute atomic E-state index is 12.3. The molecule has 0 amide bonds. The molecule has 0 aromatic carbocycles. The van der Waals surface area contributed by atoms with Gasteiger partial charge in [-0.1, -0.05) is 0 Å². The number of fused-ring (bicyclic) bond motifs is 7. The Balaban J connectivity index is 1.89. The van der Waals surface area contributed by atoms with Gasteiger partial charge >= 0.3 is 157 Å². The van der Waals surface area contributed by atoms with Crippen molar-refractivity contribution < 1.29 is 18.2 Å². The third kappa shape index (κ3) is 6.14. The average Bonchev–Trinajstić information content (AvgIpc) is 2.56. The van der Waals surface area contributed by atoms with Gasteiger partial charge in [-0.05, 0) is 0 Å². The molecule has 3 aliphatic rings. The van der Waals surface area contributed by atoms with Gasteiger partial charge in [0.2, 0.25) is 0 Å². The van der Waals surface area contributed by atoms with Gasteiger partial charge in [-0.2, -0.15) is 0 Å². The molecule has 4 bridgehead atoms. The Bertz CT molecular complexity index is 486. The van der Waals surface area contributed by atoms with E-state index in [9.17, 15) is 9.59 Å². The summed E-state index contributed by atoms with van der Waals surface area (Å²) in [5, 5.41) is 3.37. The minimum absolute atomic E-state index is 0.183. The molecule has 3 saturated heterocycles. The molecular formula is C15H25InN4O5. The van der Waals surface area contributed by atoms with Crippen LogP contribution in [0.15, 0.2) is 12.3 Å². The Morgan fingerprint density at radius 3 is 1.76 bits per heavy atom. The maximum atomic E-state index is 12.3. The molecule has 9 nitrogen and oxygen atoms in total. The van der Waals surface area contributed by atoms with Crippen LogP contribution in [0, 0.1) is 0 Å². The molecule has 3 rings (SSSR count). The van der Waals surface area contributed by atoms with Crippen molar-refractivity contribution in [1.29, 1.82) is 0 Å². The molecule has 25 heavy (non-hydrogen) atoms. The third-order valence-electron chi connectivity index (χ3n) is 4.50. The molecule has 0 aromatic rings. The summed E-state index contributed by atoms with van der Waals surface area (Å²) >= 11 is -3.73. The fourth-order valence-electron chi connectivity index (χ4n) is 3.12. The number of hydrogen-bond acceptors (Lipinski definition) is 9. The van der Waals surface area contributed by atoms with Gasteiger partial charge in [-0.15, -0.1) is 0 Å². The molecule has 0 aromatic heterocycles. The zero-order valence-electron chi connectivity index (χ0n) is 14.4. The van der Waals surface area contributed by atoms with Crippen LogP contribution in [-0.2, 0) is 18.2 Å². The molecule has 3 heterocycles. The Hall–Kier alpha value is -0.810. The van der Waals surface area contributed by atoms with Gasteiger partial charge < -0.3 is 0 Å². The van der Waals surface area contributed by atoms with Crippen LogP contribution < -0.4 is 5.32 Å². The van der Waals surface area contributed by atoms with Crippen LogP contribution in [0.4, 0.5) is 0 Å². The summed E-state index contributed by atoms with van der Waals surface area (Å²) in [5.74, 6) is -0.265. The predicted octanol–water partition coefficient (Wildman–Crippen LogP) is -1.88. The van der Waals surface area contributed by atoms with Crippen LogP contribution in [0.3, 0.4) is 0 Å². The first-order valence-electron chi connectivity index (χ1n) is 8.70. The Morgan fingerprint density at radius 1 is 0.760 bits per heavy atom. The van der Waals surface area contributed by atoms with E-state index in [2.05, 4.69) is 26.6 Å². The summed E-state index contributed by atoms with van der Waals surface area (Å²) in [6.45, 7) is 11.1. The summed E-state index contributed by atoms with van der Waals surface area (Å²) in [7, 11) is 0. The number of rotatable bonds is 0. The Labute approximate surface area is 157 Å². The van der Waals surface area contributed by atoms with Gasteiger partial charge in [-0.3, -0.25) is 0 Å². The fraction of sp³-hybridized carbons (Fsp3) is 0.733. The van der Waals surface area contributed by atoms with E-state index in [1.807, 2.05) is 0 Å². The second-order valence-corrected chi connectivity index (χ2v) is 10.2. The molecule has 3 aliphatic heterocycles. The number of carbonyl (C=O) groups excluding carboxylic acids is 2. The monoisotopic (exact) mass is 456 g/mol. The van der Waals surface area contributed by atoms with E-state index >= 15 is 0 Å². The van der Waals surface area contributed by atoms with Crippen molar-refractivity contribution in [2.45, 2.75) is 0 Å². The minimum atomic E-state index is -3.73. The first-order chi connectivity index (χ1) is 12.1. The molecule has 10 heteroatoms. The number of nitrogens with one attached hydrogen (secondary N) is 1. The van der Waals surface area contributed by atoms with E-state index in [1.165, 1.54) is 0 Å². The average molecular weight is 456 g/mol. The molecule has 138 valence electrons. The van der Waals surface area contributed by atoms with Gasteiger partial charge in [0, 0.05) is 0 Å². The van der Waals surface area contributed by atoms with Gasteiger partial charge in [0.25, 0.3) is 0 Å². The fourth-order valence-corrected chi connectivity index (χ4v) is 6.18. The number of hydrogen-bond donors (Lipinski definition) is 1. The SMILES string of the molecule is C=C1CN2CCN3CCNCCN(CC2)CC(=O)[O][In]([O]1)[O]C(=O)C3. The van der Waals surface area contributed by atoms with E-state index in [4.69, 9.17) is 8.56 Å². The molecule has 2 unspecified atom stereocenters. The van der Waals surface area contributed by atoms with E-state index in [-0.39, 0.29) is 25.0 Å². The van der Waals surface area contributed by atoms with Gasteiger partial charge in [0.1, 0.15) is 0 Å². The summed E-state index contributed by atoms with van der Waals surface area (Å²) < 4.78 is 16.6. The van der Waals surface area contributed by atoms with Crippen LogP contribution in [0.25, 0.3) is 0 Å².